The number of halogens is 2. The topological polar surface area (TPSA) is 0 Å². The molecule has 2 aromatic rings. The molecule has 0 nitrogen and oxygen atoms in total. The summed E-state index contributed by atoms with van der Waals surface area (Å²) in [6.07, 6.45) is 2.51. The van der Waals surface area contributed by atoms with Gasteiger partial charge in [-0.3, -0.25) is 0 Å². The summed E-state index contributed by atoms with van der Waals surface area (Å²) in [6.45, 7) is 14.7. The predicted molar refractivity (Wildman–Crippen MR) is 139 cm³/mol. The van der Waals surface area contributed by atoms with Crippen molar-refractivity contribution >= 4 is 49.8 Å². The molecule has 2 aromatic carbocycles. The van der Waals surface area contributed by atoms with Gasteiger partial charge < -0.3 is 0 Å². The number of rotatable bonds is 6. The molecule has 0 radical (unpaired) electrons. The summed E-state index contributed by atoms with van der Waals surface area (Å²) in [7, 11) is -0.0980. The summed E-state index contributed by atoms with van der Waals surface area (Å²) in [5.41, 5.74) is 3.01. The Morgan fingerprint density at radius 1 is 0.556 bits per heavy atom. The summed E-state index contributed by atoms with van der Waals surface area (Å²) < 4.78 is 0. The van der Waals surface area contributed by atoms with Crippen molar-refractivity contribution in [2.45, 2.75) is 64.2 Å². The van der Waals surface area contributed by atoms with Crippen molar-refractivity contribution in [2.75, 3.05) is 5.90 Å². The van der Waals surface area contributed by atoms with E-state index in [1.54, 1.807) is 0 Å². The molecule has 0 aliphatic carbocycles. The van der Waals surface area contributed by atoms with Gasteiger partial charge in [-0.1, -0.05) is 118 Å². The van der Waals surface area contributed by atoms with E-state index >= 15 is 0 Å². The minimum absolute atomic E-state index is 0. The molecule has 0 aliphatic heterocycles. The molecule has 27 heavy (non-hydrogen) atoms. The fourth-order valence-corrected chi connectivity index (χ4v) is 10.9. The molecule has 0 aromatic heterocycles. The Hall–Kier alpha value is 0.260. The van der Waals surface area contributed by atoms with E-state index in [9.17, 15) is 0 Å². The highest BCUT2D eigenvalue weighted by Gasteiger charge is 2.32. The van der Waals surface area contributed by atoms with Gasteiger partial charge in [0.05, 0.1) is 0 Å². The predicted octanol–water partition coefficient (Wildman–Crippen LogP) is 9.06. The standard InChI is InChI=1S/C23H34P2.2BrH/c1-22(2,3)24(17-20-13-9-7-10-14-20)19-25(23(4,5)6)18-21-15-11-8-12-16-21;;/h7-16H,17-19H2,1-6H3;2*1H. The second-order valence-electron chi connectivity index (χ2n) is 8.85. The first-order chi connectivity index (χ1) is 11.7. The maximum Gasteiger partial charge on any atom is -0.00652 e. The zero-order chi connectivity index (χ0) is 18.5. The molecule has 0 fully saturated rings. The van der Waals surface area contributed by atoms with Gasteiger partial charge in [-0.25, -0.2) is 0 Å². The maximum absolute atomic E-state index is 2.44. The van der Waals surface area contributed by atoms with E-state index in [1.807, 2.05) is 0 Å². The Labute approximate surface area is 191 Å². The van der Waals surface area contributed by atoms with Gasteiger partial charge in [0.15, 0.2) is 0 Å². The van der Waals surface area contributed by atoms with Crippen LogP contribution >= 0.6 is 49.8 Å². The second kappa shape index (κ2) is 12.1. The van der Waals surface area contributed by atoms with Crippen LogP contribution < -0.4 is 0 Å². The van der Waals surface area contributed by atoms with Crippen LogP contribution in [0, 0.1) is 0 Å². The highest BCUT2D eigenvalue weighted by Crippen LogP contribution is 2.65. The summed E-state index contributed by atoms with van der Waals surface area (Å²) >= 11 is 0. The van der Waals surface area contributed by atoms with Crippen molar-refractivity contribution in [3.05, 3.63) is 71.8 Å². The molecule has 2 atom stereocenters. The molecule has 0 amide bonds. The first-order valence-corrected chi connectivity index (χ1v) is 12.7. The van der Waals surface area contributed by atoms with Crippen molar-refractivity contribution in [1.29, 1.82) is 0 Å². The first-order valence-electron chi connectivity index (χ1n) is 9.24. The lowest BCUT2D eigenvalue weighted by molar-refractivity contribution is 0.771. The molecule has 152 valence electrons. The minimum Gasteiger partial charge on any atom is -0.114 e. The maximum atomic E-state index is 2.44. The SMILES string of the molecule is Br.Br.CC(C)(C)P(Cc1ccccc1)CP(Cc1ccccc1)C(C)(C)C. The molecular weight excluding hydrogens is 498 g/mol. The van der Waals surface area contributed by atoms with Crippen molar-refractivity contribution < 1.29 is 0 Å². The molecule has 4 heteroatoms. The lowest BCUT2D eigenvalue weighted by Crippen LogP contribution is -2.20. The van der Waals surface area contributed by atoms with E-state index < -0.39 is 0 Å². The smallest absolute Gasteiger partial charge is 0.00652 e. The van der Waals surface area contributed by atoms with E-state index in [-0.39, 0.29) is 49.8 Å². The molecule has 0 aliphatic rings. The van der Waals surface area contributed by atoms with Gasteiger partial charge in [0, 0.05) is 0 Å². The summed E-state index contributed by atoms with van der Waals surface area (Å²) in [5.74, 6) is 1.40. The van der Waals surface area contributed by atoms with Crippen molar-refractivity contribution in [2.24, 2.45) is 0 Å². The molecular formula is C23H36Br2P2. The van der Waals surface area contributed by atoms with Crippen LogP contribution in [0.1, 0.15) is 52.7 Å². The van der Waals surface area contributed by atoms with E-state index in [2.05, 4.69) is 102 Å². The van der Waals surface area contributed by atoms with Crippen LogP contribution in [0.4, 0.5) is 0 Å². The average molecular weight is 534 g/mol. The third kappa shape index (κ3) is 9.54. The molecule has 0 spiro atoms. The van der Waals surface area contributed by atoms with Gasteiger partial charge in [-0.05, 0) is 39.7 Å². The van der Waals surface area contributed by atoms with Gasteiger partial charge in [0.25, 0.3) is 0 Å². The third-order valence-corrected chi connectivity index (χ3v) is 12.7. The minimum atomic E-state index is -0.0490. The Morgan fingerprint density at radius 3 is 1.11 bits per heavy atom. The summed E-state index contributed by atoms with van der Waals surface area (Å²) in [6, 6.07) is 22.2. The summed E-state index contributed by atoms with van der Waals surface area (Å²) in [4.78, 5) is 0. The van der Waals surface area contributed by atoms with Crippen LogP contribution in [-0.2, 0) is 12.3 Å². The number of benzene rings is 2. The molecule has 2 unspecified atom stereocenters. The highest BCUT2D eigenvalue weighted by atomic mass is 79.9. The molecule has 0 saturated heterocycles. The van der Waals surface area contributed by atoms with Crippen LogP contribution in [-0.4, -0.2) is 16.2 Å². The van der Waals surface area contributed by atoms with Crippen LogP contribution in [0.2, 0.25) is 0 Å². The fourth-order valence-electron chi connectivity index (χ4n) is 2.81. The van der Waals surface area contributed by atoms with Crippen LogP contribution in [0.5, 0.6) is 0 Å². The average Bonchev–Trinajstić information content (AvgIpc) is 2.53. The molecule has 2 rings (SSSR count). The largest absolute Gasteiger partial charge is 0.114 e. The number of hydrogen-bond donors (Lipinski definition) is 0. The van der Waals surface area contributed by atoms with E-state index in [4.69, 9.17) is 0 Å². The quantitative estimate of drug-likeness (QED) is 0.325. The zero-order valence-electron chi connectivity index (χ0n) is 17.6. The number of hydrogen-bond acceptors (Lipinski definition) is 0. The van der Waals surface area contributed by atoms with Gasteiger partial charge in [-0.15, -0.1) is 34.0 Å². The summed E-state index contributed by atoms with van der Waals surface area (Å²) in [5, 5.41) is 0.793. The Morgan fingerprint density at radius 2 is 0.852 bits per heavy atom. The third-order valence-electron chi connectivity index (χ3n) is 4.67. The molecule has 0 N–H and O–H groups in total. The Kier molecular flexibility index (Phi) is 12.2. The van der Waals surface area contributed by atoms with E-state index in [0.29, 0.717) is 10.3 Å². The van der Waals surface area contributed by atoms with Crippen LogP contribution in [0.25, 0.3) is 0 Å². The van der Waals surface area contributed by atoms with Gasteiger partial charge >= 0.3 is 0 Å². The lowest BCUT2D eigenvalue weighted by atomic mass is 10.2. The van der Waals surface area contributed by atoms with Gasteiger partial charge in [-0.2, -0.15) is 0 Å². The van der Waals surface area contributed by atoms with Crippen molar-refractivity contribution in [1.82, 2.24) is 0 Å². The lowest BCUT2D eigenvalue weighted by Gasteiger charge is -2.40. The first kappa shape index (κ1) is 27.3. The van der Waals surface area contributed by atoms with Gasteiger partial charge in [0.2, 0.25) is 0 Å². The van der Waals surface area contributed by atoms with Gasteiger partial charge in [0.1, 0.15) is 0 Å². The highest BCUT2D eigenvalue weighted by molar-refractivity contribution is 8.93. The zero-order valence-corrected chi connectivity index (χ0v) is 22.8. The van der Waals surface area contributed by atoms with Crippen molar-refractivity contribution in [3.8, 4) is 0 Å². The molecule has 0 saturated carbocycles. The molecule has 0 bridgehead atoms. The Bertz CT molecular complexity index is 573. The second-order valence-corrected chi connectivity index (χ2v) is 15.5. The fraction of sp³-hybridized carbons (Fsp3) is 0.478. The monoisotopic (exact) mass is 532 g/mol. The van der Waals surface area contributed by atoms with E-state index in [1.165, 1.54) is 29.4 Å². The van der Waals surface area contributed by atoms with Crippen LogP contribution in [0.15, 0.2) is 60.7 Å². The molecule has 0 heterocycles. The van der Waals surface area contributed by atoms with E-state index in [0.717, 1.165) is 0 Å². The normalized spacial score (nSPS) is 13.9. The Balaban J connectivity index is 0.00000338. The van der Waals surface area contributed by atoms with Crippen molar-refractivity contribution in [3.63, 3.8) is 0 Å². The van der Waals surface area contributed by atoms with Crippen LogP contribution in [0.3, 0.4) is 0 Å².